The maximum absolute atomic E-state index is 12.3. The molecule has 0 heterocycles. The van der Waals surface area contributed by atoms with Crippen molar-refractivity contribution in [3.8, 4) is 0 Å². The molecule has 0 atom stereocenters. The number of hydrogen-bond donors (Lipinski definition) is 1. The standard InChI is InChI=1S/C16H26N2O3S/c1-3-10-17-16(19)14-18(11-4-2)12-13-22(20,21)15-8-6-5-7-9-15/h5-9H,3-4,10-14H2,1-2H3,(H,17,19). The summed E-state index contributed by atoms with van der Waals surface area (Å²) in [6.45, 7) is 5.99. The molecule has 5 nitrogen and oxygen atoms in total. The first-order valence-electron chi connectivity index (χ1n) is 7.76. The van der Waals surface area contributed by atoms with Crippen LogP contribution in [0.4, 0.5) is 0 Å². The van der Waals surface area contributed by atoms with E-state index in [4.69, 9.17) is 0 Å². The number of nitrogens with zero attached hydrogens (tertiary/aromatic N) is 1. The molecule has 1 rings (SSSR count). The summed E-state index contributed by atoms with van der Waals surface area (Å²) in [6, 6.07) is 8.44. The third kappa shape index (κ3) is 6.58. The second-order valence-corrected chi connectivity index (χ2v) is 7.37. The molecule has 6 heteroatoms. The van der Waals surface area contributed by atoms with Crippen LogP contribution in [0.5, 0.6) is 0 Å². The summed E-state index contributed by atoms with van der Waals surface area (Å²) in [5.74, 6) is -0.0228. The lowest BCUT2D eigenvalue weighted by molar-refractivity contribution is -0.122. The topological polar surface area (TPSA) is 66.5 Å². The molecule has 1 N–H and O–H groups in total. The quantitative estimate of drug-likeness (QED) is 0.711. The van der Waals surface area contributed by atoms with Crippen LogP contribution in [-0.4, -0.2) is 51.2 Å². The number of hydrogen-bond acceptors (Lipinski definition) is 4. The summed E-state index contributed by atoms with van der Waals surface area (Å²) < 4.78 is 24.5. The second-order valence-electron chi connectivity index (χ2n) is 5.26. The summed E-state index contributed by atoms with van der Waals surface area (Å²) in [5, 5.41) is 2.82. The fraction of sp³-hybridized carbons (Fsp3) is 0.562. The largest absolute Gasteiger partial charge is 0.355 e. The first kappa shape index (κ1) is 18.6. The lowest BCUT2D eigenvalue weighted by atomic mass is 10.4. The van der Waals surface area contributed by atoms with Crippen molar-refractivity contribution in [2.24, 2.45) is 0 Å². The van der Waals surface area contributed by atoms with Gasteiger partial charge in [-0.2, -0.15) is 0 Å². The van der Waals surface area contributed by atoms with Gasteiger partial charge in [0.1, 0.15) is 0 Å². The Bertz CT molecular complexity index is 544. The zero-order valence-corrected chi connectivity index (χ0v) is 14.2. The van der Waals surface area contributed by atoms with Crippen molar-refractivity contribution in [2.45, 2.75) is 31.6 Å². The number of sulfone groups is 1. The van der Waals surface area contributed by atoms with E-state index < -0.39 is 9.84 Å². The van der Waals surface area contributed by atoms with Crippen LogP contribution in [0.2, 0.25) is 0 Å². The van der Waals surface area contributed by atoms with Gasteiger partial charge in [-0.1, -0.05) is 32.0 Å². The second kappa shape index (κ2) is 9.58. The van der Waals surface area contributed by atoms with Crippen molar-refractivity contribution in [3.63, 3.8) is 0 Å². The summed E-state index contributed by atoms with van der Waals surface area (Å²) >= 11 is 0. The molecule has 0 spiro atoms. The smallest absolute Gasteiger partial charge is 0.234 e. The van der Waals surface area contributed by atoms with Crippen molar-refractivity contribution in [1.82, 2.24) is 10.2 Å². The minimum Gasteiger partial charge on any atom is -0.355 e. The van der Waals surface area contributed by atoms with Crippen LogP contribution >= 0.6 is 0 Å². The summed E-state index contributed by atoms with van der Waals surface area (Å²) in [5.41, 5.74) is 0. The molecule has 0 aliphatic heterocycles. The van der Waals surface area contributed by atoms with Crippen LogP contribution in [-0.2, 0) is 14.6 Å². The molecule has 0 radical (unpaired) electrons. The van der Waals surface area contributed by atoms with Gasteiger partial charge in [-0.25, -0.2) is 8.42 Å². The number of nitrogens with one attached hydrogen (secondary N) is 1. The van der Waals surface area contributed by atoms with E-state index >= 15 is 0 Å². The van der Waals surface area contributed by atoms with Gasteiger partial charge in [0.05, 0.1) is 17.2 Å². The van der Waals surface area contributed by atoms with E-state index in [0.29, 0.717) is 24.5 Å². The maximum Gasteiger partial charge on any atom is 0.234 e. The Hall–Kier alpha value is -1.40. The molecule has 0 aliphatic rings. The van der Waals surface area contributed by atoms with Crippen molar-refractivity contribution in [3.05, 3.63) is 30.3 Å². The first-order chi connectivity index (χ1) is 10.5. The van der Waals surface area contributed by atoms with E-state index in [1.54, 1.807) is 30.3 Å². The number of carbonyl (C=O) groups is 1. The van der Waals surface area contributed by atoms with Crippen LogP contribution in [0.25, 0.3) is 0 Å². The van der Waals surface area contributed by atoms with Gasteiger partial charge in [0, 0.05) is 13.1 Å². The number of rotatable bonds is 10. The highest BCUT2D eigenvalue weighted by atomic mass is 32.2. The lowest BCUT2D eigenvalue weighted by Gasteiger charge is -2.21. The van der Waals surface area contributed by atoms with Crippen LogP contribution in [0.3, 0.4) is 0 Å². The molecule has 0 aromatic heterocycles. The maximum atomic E-state index is 12.3. The zero-order valence-electron chi connectivity index (χ0n) is 13.4. The van der Waals surface area contributed by atoms with Crippen molar-refractivity contribution in [2.75, 3.05) is 31.9 Å². The molecule has 0 aliphatic carbocycles. The molecule has 124 valence electrons. The predicted octanol–water partition coefficient (Wildman–Crippen LogP) is 1.70. The molecular formula is C16H26N2O3S. The molecule has 0 saturated carbocycles. The van der Waals surface area contributed by atoms with Gasteiger partial charge in [0.15, 0.2) is 9.84 Å². The van der Waals surface area contributed by atoms with Crippen molar-refractivity contribution in [1.29, 1.82) is 0 Å². The average molecular weight is 326 g/mol. The molecule has 1 amide bonds. The molecule has 0 saturated heterocycles. The molecule has 0 unspecified atom stereocenters. The van der Waals surface area contributed by atoms with Crippen molar-refractivity contribution < 1.29 is 13.2 Å². The molecule has 0 bridgehead atoms. The van der Waals surface area contributed by atoms with Gasteiger partial charge in [0.25, 0.3) is 0 Å². The van der Waals surface area contributed by atoms with E-state index in [0.717, 1.165) is 12.8 Å². The molecule has 1 aromatic rings. The van der Waals surface area contributed by atoms with E-state index in [2.05, 4.69) is 5.32 Å². The van der Waals surface area contributed by atoms with E-state index in [9.17, 15) is 13.2 Å². The predicted molar refractivity (Wildman–Crippen MR) is 88.5 cm³/mol. The minimum absolute atomic E-state index is 0.0259. The third-order valence-corrected chi connectivity index (χ3v) is 4.97. The molecule has 1 aromatic carbocycles. The highest BCUT2D eigenvalue weighted by Crippen LogP contribution is 2.10. The van der Waals surface area contributed by atoms with Gasteiger partial charge in [-0.3, -0.25) is 9.69 Å². The monoisotopic (exact) mass is 326 g/mol. The molecular weight excluding hydrogens is 300 g/mol. The van der Waals surface area contributed by atoms with Gasteiger partial charge in [-0.05, 0) is 31.5 Å². The van der Waals surface area contributed by atoms with E-state index in [1.807, 2.05) is 18.7 Å². The third-order valence-electron chi connectivity index (χ3n) is 3.26. The minimum atomic E-state index is -3.30. The molecule has 0 fully saturated rings. The van der Waals surface area contributed by atoms with Crippen molar-refractivity contribution >= 4 is 15.7 Å². The van der Waals surface area contributed by atoms with E-state index in [1.165, 1.54) is 0 Å². The Morgan fingerprint density at radius 3 is 2.36 bits per heavy atom. The Kier molecular flexibility index (Phi) is 8.12. The fourth-order valence-corrected chi connectivity index (χ4v) is 3.41. The van der Waals surface area contributed by atoms with Crippen LogP contribution in [0.15, 0.2) is 35.2 Å². The summed E-state index contributed by atoms with van der Waals surface area (Å²) in [7, 11) is -3.30. The van der Waals surface area contributed by atoms with Gasteiger partial charge < -0.3 is 5.32 Å². The number of amides is 1. The van der Waals surface area contributed by atoms with Crippen LogP contribution in [0, 0.1) is 0 Å². The summed E-state index contributed by atoms with van der Waals surface area (Å²) in [4.78, 5) is 14.0. The normalized spacial score (nSPS) is 11.6. The Balaban J connectivity index is 2.58. The Morgan fingerprint density at radius 2 is 1.77 bits per heavy atom. The zero-order chi connectivity index (χ0) is 16.4. The lowest BCUT2D eigenvalue weighted by Crippen LogP contribution is -2.40. The van der Waals surface area contributed by atoms with Gasteiger partial charge in [0.2, 0.25) is 5.91 Å². The number of benzene rings is 1. The highest BCUT2D eigenvalue weighted by molar-refractivity contribution is 7.91. The van der Waals surface area contributed by atoms with Crippen LogP contribution < -0.4 is 5.32 Å². The van der Waals surface area contributed by atoms with Gasteiger partial charge >= 0.3 is 0 Å². The highest BCUT2D eigenvalue weighted by Gasteiger charge is 2.17. The Labute approximate surface area is 133 Å². The molecule has 22 heavy (non-hydrogen) atoms. The van der Waals surface area contributed by atoms with Gasteiger partial charge in [-0.15, -0.1) is 0 Å². The Morgan fingerprint density at radius 1 is 1.09 bits per heavy atom. The SMILES string of the molecule is CCCNC(=O)CN(CCC)CCS(=O)(=O)c1ccccc1. The average Bonchev–Trinajstić information content (AvgIpc) is 2.52. The fourth-order valence-electron chi connectivity index (χ4n) is 2.10. The van der Waals surface area contributed by atoms with E-state index in [-0.39, 0.29) is 18.2 Å². The van der Waals surface area contributed by atoms with Crippen LogP contribution in [0.1, 0.15) is 26.7 Å². The summed E-state index contributed by atoms with van der Waals surface area (Å²) in [6.07, 6.45) is 1.77. The first-order valence-corrected chi connectivity index (χ1v) is 9.41. The number of carbonyl (C=O) groups excluding carboxylic acids is 1.